The van der Waals surface area contributed by atoms with E-state index < -0.39 is 15.6 Å². The van der Waals surface area contributed by atoms with Crippen LogP contribution in [0.2, 0.25) is 0 Å². The minimum atomic E-state index is -5.84. The van der Waals surface area contributed by atoms with Crippen LogP contribution in [0.5, 0.6) is 0 Å². The number of hydrogen-bond acceptors (Lipinski definition) is 2. The van der Waals surface area contributed by atoms with Gasteiger partial charge >= 0.3 is 15.6 Å². The molecule has 4 radical (unpaired) electrons. The van der Waals surface area contributed by atoms with E-state index in [9.17, 15) is 13.2 Å². The second-order valence-corrected chi connectivity index (χ2v) is 2.33. The average molecular weight is 357 g/mol. The molecule has 3 nitrogen and oxygen atoms in total. The Labute approximate surface area is 69.1 Å². The summed E-state index contributed by atoms with van der Waals surface area (Å²) in [6.07, 6.45) is 0. The van der Waals surface area contributed by atoms with Crippen LogP contribution in [0.1, 0.15) is 0 Å². The summed E-state index contributed by atoms with van der Waals surface area (Å²) in [5, 5.41) is 0. The first kappa shape index (κ1) is 12.3. The summed E-state index contributed by atoms with van der Waals surface area (Å²) in [6, 6.07) is 0. The van der Waals surface area contributed by atoms with Crippen molar-refractivity contribution in [1.29, 1.82) is 0 Å². The Morgan fingerprint density at radius 3 is 1.33 bits per heavy atom. The molecule has 9 heavy (non-hydrogen) atoms. The van der Waals surface area contributed by atoms with Gasteiger partial charge in [0.1, 0.15) is 0 Å². The van der Waals surface area contributed by atoms with Crippen LogP contribution in [-0.2, 0) is 10.1 Å². The van der Waals surface area contributed by atoms with E-state index in [-0.39, 0.29) is 27.3 Å². The maximum atomic E-state index is 10.7. The summed E-state index contributed by atoms with van der Waals surface area (Å²) < 4.78 is 57.5. The molecule has 0 spiro atoms. The van der Waals surface area contributed by atoms with Crippen LogP contribution >= 0.6 is 0 Å². The molecule has 0 heterocycles. The van der Waals surface area contributed by atoms with Gasteiger partial charge in [0, 0.05) is 27.3 Å². The first-order chi connectivity index (χ1) is 3.25. The Morgan fingerprint density at radius 1 is 1.22 bits per heavy atom. The molecule has 0 amide bonds. The first-order valence-electron chi connectivity index (χ1n) is 1.29. The second kappa shape index (κ2) is 3.14. The quantitative estimate of drug-likeness (QED) is 0.378. The van der Waals surface area contributed by atoms with Crippen molar-refractivity contribution >= 4 is 37.4 Å². The van der Waals surface area contributed by atoms with Crippen molar-refractivity contribution in [1.82, 2.24) is 0 Å². The molecule has 0 aliphatic carbocycles. The van der Waals surface area contributed by atoms with Gasteiger partial charge in [0.2, 0.25) is 0 Å². The molecule has 8 heteroatoms. The minimum Gasteiger partial charge on any atom is -0.279 e. The van der Waals surface area contributed by atoms with Crippen molar-refractivity contribution < 1.29 is 26.1 Å². The van der Waals surface area contributed by atoms with Gasteiger partial charge in [-0.15, -0.1) is 0 Å². The molecule has 0 fully saturated rings. The van der Waals surface area contributed by atoms with E-state index in [1.807, 2.05) is 0 Å². The van der Waals surface area contributed by atoms with Gasteiger partial charge in [-0.25, -0.2) is 0 Å². The Hall–Kier alpha value is 0.622. The third-order valence-corrected chi connectivity index (χ3v) is 0.877. The topological polar surface area (TPSA) is 54.4 Å². The van der Waals surface area contributed by atoms with Crippen LogP contribution in [0.15, 0.2) is 0 Å². The van der Waals surface area contributed by atoms with E-state index in [2.05, 4.69) is 0 Å². The SMILES string of the molecule is O=S(=O)(O)C(F)(F)F.[Pb]. The van der Waals surface area contributed by atoms with Gasteiger partial charge < -0.3 is 0 Å². The van der Waals surface area contributed by atoms with Gasteiger partial charge in [-0.1, -0.05) is 0 Å². The van der Waals surface area contributed by atoms with Crippen molar-refractivity contribution in [2.24, 2.45) is 0 Å². The van der Waals surface area contributed by atoms with Crippen LogP contribution in [0.25, 0.3) is 0 Å². The van der Waals surface area contributed by atoms with Gasteiger partial charge in [0.05, 0.1) is 0 Å². The summed E-state index contributed by atoms with van der Waals surface area (Å²) in [4.78, 5) is 0. The van der Waals surface area contributed by atoms with E-state index in [4.69, 9.17) is 13.0 Å². The first-order valence-corrected chi connectivity index (χ1v) is 2.73. The molecule has 0 aliphatic rings. The summed E-state index contributed by atoms with van der Waals surface area (Å²) in [5.41, 5.74) is -5.53. The molecule has 0 rings (SSSR count). The number of rotatable bonds is 0. The predicted octanol–water partition coefficient (Wildman–Crippen LogP) is 0.0132. The zero-order valence-corrected chi connectivity index (χ0v) is 8.51. The molecule has 0 saturated carbocycles. The van der Waals surface area contributed by atoms with Gasteiger partial charge in [0.25, 0.3) is 0 Å². The monoisotopic (exact) mass is 358 g/mol. The molecule has 0 atom stereocenters. The van der Waals surface area contributed by atoms with Crippen molar-refractivity contribution in [3.8, 4) is 0 Å². The predicted molar refractivity (Wildman–Crippen MR) is 23.4 cm³/mol. The fourth-order valence-electron chi connectivity index (χ4n) is 0. The summed E-state index contributed by atoms with van der Waals surface area (Å²) in [7, 11) is -5.84. The van der Waals surface area contributed by atoms with Crippen LogP contribution < -0.4 is 0 Å². The van der Waals surface area contributed by atoms with Crippen LogP contribution in [0, 0.1) is 0 Å². The molecule has 0 unspecified atom stereocenters. The molecular weight excluding hydrogens is 356 g/mol. The third-order valence-electron chi connectivity index (χ3n) is 0.292. The molecule has 0 saturated heterocycles. The molecule has 1 N–H and O–H groups in total. The van der Waals surface area contributed by atoms with Gasteiger partial charge in [-0.3, -0.25) is 4.55 Å². The molecule has 54 valence electrons. The van der Waals surface area contributed by atoms with E-state index >= 15 is 0 Å². The van der Waals surface area contributed by atoms with Crippen molar-refractivity contribution in [2.45, 2.75) is 5.51 Å². The number of alkyl halides is 3. The van der Waals surface area contributed by atoms with Gasteiger partial charge in [-0.2, -0.15) is 21.6 Å². The molecular formula is CHF3O3PbS. The number of hydrogen-bond donors (Lipinski definition) is 1. The zero-order chi connectivity index (χ0) is 7.00. The average Bonchev–Trinajstić information content (AvgIpc) is 1.25. The molecule has 0 bridgehead atoms. The summed E-state index contributed by atoms with van der Waals surface area (Å²) in [6.45, 7) is 0. The molecule has 0 aromatic rings. The van der Waals surface area contributed by atoms with Gasteiger partial charge in [-0.05, 0) is 0 Å². The van der Waals surface area contributed by atoms with Crippen LogP contribution in [-0.4, -0.2) is 45.8 Å². The summed E-state index contributed by atoms with van der Waals surface area (Å²) >= 11 is 0. The Bertz CT molecular complexity index is 168. The van der Waals surface area contributed by atoms with Crippen LogP contribution in [0.4, 0.5) is 13.2 Å². The Morgan fingerprint density at radius 2 is 1.33 bits per heavy atom. The summed E-state index contributed by atoms with van der Waals surface area (Å²) in [5.74, 6) is 0. The minimum absolute atomic E-state index is 0. The van der Waals surface area contributed by atoms with Crippen molar-refractivity contribution in [3.05, 3.63) is 0 Å². The van der Waals surface area contributed by atoms with Crippen LogP contribution in [0.3, 0.4) is 0 Å². The number of halogens is 3. The zero-order valence-electron chi connectivity index (χ0n) is 3.81. The molecule has 0 aromatic heterocycles. The Kier molecular flexibility index (Phi) is 4.30. The third kappa shape index (κ3) is 4.08. The molecule has 0 aliphatic heterocycles. The van der Waals surface area contributed by atoms with E-state index in [1.165, 1.54) is 0 Å². The van der Waals surface area contributed by atoms with E-state index in [0.29, 0.717) is 0 Å². The smallest absolute Gasteiger partial charge is 0.279 e. The van der Waals surface area contributed by atoms with Crippen molar-refractivity contribution in [2.75, 3.05) is 0 Å². The van der Waals surface area contributed by atoms with E-state index in [1.54, 1.807) is 0 Å². The fourth-order valence-corrected chi connectivity index (χ4v) is 0. The fraction of sp³-hybridized carbons (Fsp3) is 1.00. The van der Waals surface area contributed by atoms with Gasteiger partial charge in [0.15, 0.2) is 0 Å². The van der Waals surface area contributed by atoms with Crippen molar-refractivity contribution in [3.63, 3.8) is 0 Å². The second-order valence-electron chi connectivity index (χ2n) is 0.921. The maximum absolute atomic E-state index is 10.7. The Balaban J connectivity index is 0. The molecule has 0 aromatic carbocycles. The van der Waals surface area contributed by atoms with E-state index in [0.717, 1.165) is 0 Å². The normalized spacial score (nSPS) is 12.4. The maximum Gasteiger partial charge on any atom is 0.522 e. The largest absolute Gasteiger partial charge is 0.522 e. The standard InChI is InChI=1S/CHF3O3S.Pb/c2-1(3,4)8(5,6)7;/h(H,5,6,7);.